The van der Waals surface area contributed by atoms with Crippen LogP contribution in [0.3, 0.4) is 0 Å². The molecule has 0 bridgehead atoms. The number of para-hydroxylation sites is 3. The van der Waals surface area contributed by atoms with E-state index in [4.69, 9.17) is 21.1 Å². The number of halogens is 1. The highest BCUT2D eigenvalue weighted by Gasteiger charge is 2.52. The van der Waals surface area contributed by atoms with Crippen molar-refractivity contribution in [1.82, 2.24) is 0 Å². The third kappa shape index (κ3) is 1.98. The molecule has 0 fully saturated rings. The lowest BCUT2D eigenvalue weighted by Crippen LogP contribution is -2.77. The highest BCUT2D eigenvalue weighted by atomic mass is 35.5. The van der Waals surface area contributed by atoms with Gasteiger partial charge in [-0.1, -0.05) is 72.3 Å². The zero-order chi connectivity index (χ0) is 18.7. The molecule has 0 atom stereocenters. The summed E-state index contributed by atoms with van der Waals surface area (Å²) in [6.07, 6.45) is 0. The third-order valence-corrected chi connectivity index (χ3v) is 10.8. The predicted octanol–water partition coefficient (Wildman–Crippen LogP) is 3.93. The number of benzene rings is 4. The minimum absolute atomic E-state index is 0.677. The fraction of sp³-hybridized carbons (Fsp3) is 0. The molecule has 2 nitrogen and oxygen atoms in total. The van der Waals surface area contributed by atoms with Crippen LogP contribution in [0.4, 0.5) is 0 Å². The standard InChI is InChI=1S/C24H15ClO2Si/c25-16-13-14-24-20(15-16)27-19-9-3-6-12-23(19)28(24)21-10-4-1-7-17(21)26-18-8-2-5-11-22(18)28/h1-15H. The Hall–Kier alpha value is -3.01. The van der Waals surface area contributed by atoms with Crippen LogP contribution in [0.25, 0.3) is 0 Å². The molecule has 1 spiro atoms. The molecule has 0 unspecified atom stereocenters. The Morgan fingerprint density at radius 3 is 1.46 bits per heavy atom. The summed E-state index contributed by atoms with van der Waals surface area (Å²) in [5, 5.41) is 5.61. The topological polar surface area (TPSA) is 18.5 Å². The van der Waals surface area contributed by atoms with Crippen molar-refractivity contribution in [3.8, 4) is 23.0 Å². The van der Waals surface area contributed by atoms with Crippen LogP contribution in [-0.2, 0) is 0 Å². The summed E-state index contributed by atoms with van der Waals surface area (Å²) in [7, 11) is -2.58. The molecule has 0 saturated heterocycles. The first-order chi connectivity index (χ1) is 13.8. The molecule has 6 rings (SSSR count). The van der Waals surface area contributed by atoms with Gasteiger partial charge in [-0.3, -0.25) is 0 Å². The first kappa shape index (κ1) is 16.0. The summed E-state index contributed by atoms with van der Waals surface area (Å²) >= 11 is 6.34. The summed E-state index contributed by atoms with van der Waals surface area (Å²) in [6.45, 7) is 0. The molecule has 0 aliphatic carbocycles. The van der Waals surface area contributed by atoms with Crippen LogP contribution in [0.15, 0.2) is 91.0 Å². The minimum Gasteiger partial charge on any atom is -0.458 e. The summed E-state index contributed by atoms with van der Waals surface area (Å²) in [5.41, 5.74) is 0. The van der Waals surface area contributed by atoms with Gasteiger partial charge in [-0.05, 0) is 51.1 Å². The zero-order valence-corrected chi connectivity index (χ0v) is 16.6. The number of ether oxygens (including phenoxy) is 2. The number of hydrogen-bond donors (Lipinski definition) is 0. The second-order valence-electron chi connectivity index (χ2n) is 7.08. The van der Waals surface area contributed by atoms with Crippen LogP contribution in [-0.4, -0.2) is 8.07 Å². The van der Waals surface area contributed by atoms with Gasteiger partial charge in [-0.25, -0.2) is 0 Å². The lowest BCUT2D eigenvalue weighted by molar-refractivity contribution is 0.481. The fourth-order valence-corrected chi connectivity index (χ4v) is 9.87. The molecule has 2 aliphatic rings. The number of fused-ring (bicyclic) bond motifs is 8. The zero-order valence-electron chi connectivity index (χ0n) is 14.9. The minimum atomic E-state index is -2.58. The summed E-state index contributed by atoms with van der Waals surface area (Å²) in [4.78, 5) is 0. The molecule has 2 heterocycles. The van der Waals surface area contributed by atoms with E-state index in [0.29, 0.717) is 5.02 Å². The average Bonchev–Trinajstić information content (AvgIpc) is 2.73. The monoisotopic (exact) mass is 398 g/mol. The van der Waals surface area contributed by atoms with Crippen LogP contribution < -0.4 is 30.2 Å². The van der Waals surface area contributed by atoms with E-state index in [1.165, 1.54) is 20.7 Å². The quantitative estimate of drug-likeness (QED) is 0.361. The highest BCUT2D eigenvalue weighted by molar-refractivity contribution is 7.21. The fourth-order valence-electron chi connectivity index (χ4n) is 4.59. The average molecular weight is 399 g/mol. The van der Waals surface area contributed by atoms with Crippen LogP contribution in [0.1, 0.15) is 0 Å². The molecule has 0 N–H and O–H groups in total. The summed E-state index contributed by atoms with van der Waals surface area (Å²) in [5.74, 6) is 3.58. The lowest BCUT2D eigenvalue weighted by Gasteiger charge is -2.42. The molecule has 2 aliphatic heterocycles. The van der Waals surface area contributed by atoms with Crippen molar-refractivity contribution in [1.29, 1.82) is 0 Å². The Kier molecular flexibility index (Phi) is 3.28. The van der Waals surface area contributed by atoms with Gasteiger partial charge in [0.15, 0.2) is 8.07 Å². The number of hydrogen-bond acceptors (Lipinski definition) is 2. The van der Waals surface area contributed by atoms with Gasteiger partial charge in [0, 0.05) is 5.02 Å². The maximum atomic E-state index is 6.34. The third-order valence-electron chi connectivity index (χ3n) is 5.66. The Balaban J connectivity index is 1.84. The predicted molar refractivity (Wildman–Crippen MR) is 115 cm³/mol. The van der Waals surface area contributed by atoms with Gasteiger partial charge in [0.25, 0.3) is 0 Å². The molecular formula is C24H15ClO2Si. The Morgan fingerprint density at radius 2 is 0.929 bits per heavy atom. The first-order valence-electron chi connectivity index (χ1n) is 9.23. The van der Waals surface area contributed by atoms with E-state index in [2.05, 4.69) is 60.7 Å². The lowest BCUT2D eigenvalue weighted by atomic mass is 10.3. The maximum Gasteiger partial charge on any atom is 0.196 e. The van der Waals surface area contributed by atoms with Crippen molar-refractivity contribution >= 4 is 40.4 Å². The van der Waals surface area contributed by atoms with Gasteiger partial charge in [-0.15, -0.1) is 0 Å². The Morgan fingerprint density at radius 1 is 0.500 bits per heavy atom. The van der Waals surface area contributed by atoms with Crippen molar-refractivity contribution < 1.29 is 9.47 Å². The van der Waals surface area contributed by atoms with Gasteiger partial charge in [0.05, 0.1) is 0 Å². The molecule has 4 aromatic rings. The molecule has 0 amide bonds. The van der Waals surface area contributed by atoms with Crippen molar-refractivity contribution in [3.63, 3.8) is 0 Å². The van der Waals surface area contributed by atoms with Gasteiger partial charge in [0.2, 0.25) is 0 Å². The SMILES string of the molecule is Clc1ccc2c(c1)Oc1ccccc1[Si]21c2ccccc2Oc2ccccc21. The van der Waals surface area contributed by atoms with Crippen LogP contribution in [0, 0.1) is 0 Å². The van der Waals surface area contributed by atoms with Crippen molar-refractivity contribution in [2.45, 2.75) is 0 Å². The second kappa shape index (κ2) is 5.74. The van der Waals surface area contributed by atoms with Crippen molar-refractivity contribution in [2.75, 3.05) is 0 Å². The van der Waals surface area contributed by atoms with Crippen LogP contribution in [0.2, 0.25) is 5.02 Å². The molecule has 4 aromatic carbocycles. The molecule has 28 heavy (non-hydrogen) atoms. The first-order valence-corrected chi connectivity index (χ1v) is 11.6. The molecule has 0 radical (unpaired) electrons. The van der Waals surface area contributed by atoms with Gasteiger partial charge >= 0.3 is 0 Å². The molecule has 134 valence electrons. The van der Waals surface area contributed by atoms with E-state index >= 15 is 0 Å². The molecular weight excluding hydrogens is 384 g/mol. The Labute approximate surface area is 169 Å². The van der Waals surface area contributed by atoms with E-state index in [9.17, 15) is 0 Å². The summed E-state index contributed by atoms with van der Waals surface area (Å²) in [6, 6.07) is 31.2. The number of rotatable bonds is 0. The van der Waals surface area contributed by atoms with E-state index < -0.39 is 8.07 Å². The van der Waals surface area contributed by atoms with Gasteiger partial charge in [-0.2, -0.15) is 0 Å². The van der Waals surface area contributed by atoms with Gasteiger partial charge < -0.3 is 9.47 Å². The largest absolute Gasteiger partial charge is 0.458 e. The van der Waals surface area contributed by atoms with Crippen LogP contribution >= 0.6 is 11.6 Å². The van der Waals surface area contributed by atoms with Crippen molar-refractivity contribution in [3.05, 3.63) is 96.0 Å². The Bertz CT molecular complexity index is 1190. The molecule has 0 aromatic heterocycles. The van der Waals surface area contributed by atoms with E-state index in [0.717, 1.165) is 23.0 Å². The van der Waals surface area contributed by atoms with Crippen LogP contribution in [0.5, 0.6) is 23.0 Å². The smallest absolute Gasteiger partial charge is 0.196 e. The maximum absolute atomic E-state index is 6.34. The van der Waals surface area contributed by atoms with Gasteiger partial charge in [0.1, 0.15) is 23.0 Å². The second-order valence-corrected chi connectivity index (χ2v) is 11.2. The molecule has 4 heteroatoms. The summed E-state index contributed by atoms with van der Waals surface area (Å²) < 4.78 is 12.7. The van der Waals surface area contributed by atoms with Crippen molar-refractivity contribution in [2.24, 2.45) is 0 Å². The van der Waals surface area contributed by atoms with E-state index in [-0.39, 0.29) is 0 Å². The normalized spacial score (nSPS) is 14.8. The highest BCUT2D eigenvalue weighted by Crippen LogP contribution is 2.36. The van der Waals surface area contributed by atoms with E-state index in [1.807, 2.05) is 30.3 Å². The van der Waals surface area contributed by atoms with E-state index in [1.54, 1.807) is 0 Å². The molecule has 0 saturated carbocycles.